The summed E-state index contributed by atoms with van der Waals surface area (Å²) in [6, 6.07) is 14.0. The van der Waals surface area contributed by atoms with Gasteiger partial charge in [0.25, 0.3) is 0 Å². The topological polar surface area (TPSA) is 54.5 Å². The number of hydrogen-bond donors (Lipinski definition) is 0. The Morgan fingerprint density at radius 1 is 1.09 bits per heavy atom. The molecule has 0 aliphatic carbocycles. The summed E-state index contributed by atoms with van der Waals surface area (Å²) in [4.78, 5) is 0. The van der Waals surface area contributed by atoms with E-state index in [1.54, 1.807) is 16.8 Å². The quantitative estimate of drug-likeness (QED) is 0.725. The predicted octanol–water partition coefficient (Wildman–Crippen LogP) is 3.56. The van der Waals surface area contributed by atoms with Crippen molar-refractivity contribution in [2.24, 2.45) is 0 Å². The third-order valence-corrected chi connectivity index (χ3v) is 3.49. The fourth-order valence-electron chi connectivity index (χ4n) is 2.34. The molecule has 1 aromatic heterocycles. The van der Waals surface area contributed by atoms with Crippen LogP contribution in [0.2, 0.25) is 0 Å². The first kappa shape index (κ1) is 14.0. The first-order chi connectivity index (χ1) is 10.6. The molecule has 0 unspecified atom stereocenters. The van der Waals surface area contributed by atoms with Crippen molar-refractivity contribution in [3.05, 3.63) is 65.1 Å². The Kier molecular flexibility index (Phi) is 3.43. The van der Waals surface area contributed by atoms with Crippen LogP contribution < -0.4 is 0 Å². The zero-order valence-corrected chi connectivity index (χ0v) is 12.2. The fraction of sp³-hybridized carbons (Fsp3) is 0.118. The van der Waals surface area contributed by atoms with E-state index in [0.29, 0.717) is 11.3 Å². The predicted molar refractivity (Wildman–Crippen MR) is 80.9 cm³/mol. The van der Waals surface area contributed by atoms with Crippen molar-refractivity contribution in [1.29, 1.82) is 5.26 Å². The number of aryl methyl sites for hydroxylation is 2. The lowest BCUT2D eigenvalue weighted by atomic mass is 10.1. The van der Waals surface area contributed by atoms with Crippen LogP contribution in [0.1, 0.15) is 16.8 Å². The van der Waals surface area contributed by atoms with Gasteiger partial charge >= 0.3 is 0 Å². The molecule has 3 rings (SSSR count). The molecule has 5 heteroatoms. The molecule has 22 heavy (non-hydrogen) atoms. The van der Waals surface area contributed by atoms with Crippen LogP contribution in [-0.4, -0.2) is 15.0 Å². The standard InChI is InChI=1S/C17H13FN4/c1-11-3-4-12(2)16(9-11)22-17(15(10-19)20-21-22)13-5-7-14(18)8-6-13/h3-9H,1-2H3. The lowest BCUT2D eigenvalue weighted by molar-refractivity contribution is 0.628. The van der Waals surface area contributed by atoms with Crippen LogP contribution in [0, 0.1) is 31.0 Å². The highest BCUT2D eigenvalue weighted by Crippen LogP contribution is 2.27. The SMILES string of the molecule is Cc1ccc(C)c(-n2nnc(C#N)c2-c2ccc(F)cc2)c1. The Hall–Kier alpha value is -3.00. The summed E-state index contributed by atoms with van der Waals surface area (Å²) in [7, 11) is 0. The molecule has 0 radical (unpaired) electrons. The highest BCUT2D eigenvalue weighted by molar-refractivity contribution is 5.67. The smallest absolute Gasteiger partial charge is 0.191 e. The zero-order valence-electron chi connectivity index (χ0n) is 12.2. The van der Waals surface area contributed by atoms with E-state index in [1.807, 2.05) is 38.1 Å². The summed E-state index contributed by atoms with van der Waals surface area (Å²) in [5, 5.41) is 17.3. The number of benzene rings is 2. The number of nitrogens with zero attached hydrogens (tertiary/aromatic N) is 4. The van der Waals surface area contributed by atoms with Crippen molar-refractivity contribution in [3.63, 3.8) is 0 Å². The minimum atomic E-state index is -0.326. The van der Waals surface area contributed by atoms with Gasteiger partial charge < -0.3 is 0 Å². The zero-order chi connectivity index (χ0) is 15.7. The average molecular weight is 292 g/mol. The number of nitriles is 1. The molecule has 0 amide bonds. The number of halogens is 1. The Labute approximate surface area is 127 Å². The third kappa shape index (κ3) is 2.35. The van der Waals surface area contributed by atoms with Crippen LogP contribution in [-0.2, 0) is 0 Å². The van der Waals surface area contributed by atoms with Gasteiger partial charge in [-0.15, -0.1) is 5.10 Å². The molecule has 3 aromatic rings. The molecular weight excluding hydrogens is 279 g/mol. The van der Waals surface area contributed by atoms with Gasteiger partial charge in [-0.2, -0.15) is 5.26 Å². The molecule has 0 N–H and O–H groups in total. The lowest BCUT2D eigenvalue weighted by Gasteiger charge is -2.10. The molecular formula is C17H13FN4. The van der Waals surface area contributed by atoms with Gasteiger partial charge in [0, 0.05) is 5.56 Å². The van der Waals surface area contributed by atoms with Gasteiger partial charge in [0.2, 0.25) is 0 Å². The molecule has 0 saturated carbocycles. The maximum absolute atomic E-state index is 13.1. The van der Waals surface area contributed by atoms with E-state index in [1.165, 1.54) is 12.1 Å². The second-order valence-electron chi connectivity index (χ2n) is 5.11. The van der Waals surface area contributed by atoms with Gasteiger partial charge in [0.1, 0.15) is 17.6 Å². The van der Waals surface area contributed by atoms with Crippen molar-refractivity contribution in [2.75, 3.05) is 0 Å². The van der Waals surface area contributed by atoms with E-state index >= 15 is 0 Å². The summed E-state index contributed by atoms with van der Waals surface area (Å²) in [5.41, 5.74) is 4.43. The summed E-state index contributed by atoms with van der Waals surface area (Å²) in [6.45, 7) is 3.96. The van der Waals surface area contributed by atoms with E-state index in [2.05, 4.69) is 10.3 Å². The Morgan fingerprint density at radius 3 is 2.50 bits per heavy atom. The van der Waals surface area contributed by atoms with E-state index in [4.69, 9.17) is 0 Å². The average Bonchev–Trinajstić information content (AvgIpc) is 2.94. The largest absolute Gasteiger partial charge is 0.211 e. The molecule has 0 fully saturated rings. The van der Waals surface area contributed by atoms with E-state index in [9.17, 15) is 9.65 Å². The van der Waals surface area contributed by atoms with Crippen molar-refractivity contribution >= 4 is 0 Å². The molecule has 0 bridgehead atoms. The molecule has 4 nitrogen and oxygen atoms in total. The third-order valence-electron chi connectivity index (χ3n) is 3.49. The lowest BCUT2D eigenvalue weighted by Crippen LogP contribution is -2.02. The summed E-state index contributed by atoms with van der Waals surface area (Å²) < 4.78 is 14.8. The second-order valence-corrected chi connectivity index (χ2v) is 5.11. The highest BCUT2D eigenvalue weighted by atomic mass is 19.1. The molecule has 0 aliphatic heterocycles. The van der Waals surface area contributed by atoms with E-state index in [0.717, 1.165) is 16.8 Å². The minimum absolute atomic E-state index is 0.215. The maximum Gasteiger partial charge on any atom is 0.191 e. The van der Waals surface area contributed by atoms with Crippen LogP contribution >= 0.6 is 0 Å². The molecule has 1 heterocycles. The first-order valence-electron chi connectivity index (χ1n) is 6.79. The number of rotatable bonds is 2. The summed E-state index contributed by atoms with van der Waals surface area (Å²) >= 11 is 0. The molecule has 0 aliphatic rings. The fourth-order valence-corrected chi connectivity index (χ4v) is 2.34. The Balaban J connectivity index is 2.26. The highest BCUT2D eigenvalue weighted by Gasteiger charge is 2.17. The molecule has 0 atom stereocenters. The molecule has 0 spiro atoms. The minimum Gasteiger partial charge on any atom is -0.211 e. The van der Waals surface area contributed by atoms with Gasteiger partial charge in [-0.05, 0) is 55.3 Å². The Bertz CT molecular complexity index is 873. The summed E-state index contributed by atoms with van der Waals surface area (Å²) in [5.74, 6) is -0.326. The van der Waals surface area contributed by atoms with E-state index < -0.39 is 0 Å². The Morgan fingerprint density at radius 2 is 1.82 bits per heavy atom. The van der Waals surface area contributed by atoms with Crippen LogP contribution in [0.3, 0.4) is 0 Å². The normalized spacial score (nSPS) is 10.5. The van der Waals surface area contributed by atoms with Crippen LogP contribution in [0.15, 0.2) is 42.5 Å². The summed E-state index contributed by atoms with van der Waals surface area (Å²) in [6.07, 6.45) is 0. The van der Waals surface area contributed by atoms with Gasteiger partial charge in [-0.25, -0.2) is 9.07 Å². The van der Waals surface area contributed by atoms with Crippen LogP contribution in [0.5, 0.6) is 0 Å². The van der Waals surface area contributed by atoms with Gasteiger partial charge in [-0.1, -0.05) is 17.3 Å². The van der Waals surface area contributed by atoms with Crippen molar-refractivity contribution in [3.8, 4) is 23.0 Å². The van der Waals surface area contributed by atoms with Crippen molar-refractivity contribution in [1.82, 2.24) is 15.0 Å². The molecule has 108 valence electrons. The monoisotopic (exact) mass is 292 g/mol. The van der Waals surface area contributed by atoms with Gasteiger partial charge in [0.05, 0.1) is 5.69 Å². The van der Waals surface area contributed by atoms with Crippen molar-refractivity contribution in [2.45, 2.75) is 13.8 Å². The van der Waals surface area contributed by atoms with Crippen LogP contribution in [0.4, 0.5) is 4.39 Å². The number of hydrogen-bond acceptors (Lipinski definition) is 3. The van der Waals surface area contributed by atoms with E-state index in [-0.39, 0.29) is 11.5 Å². The van der Waals surface area contributed by atoms with Gasteiger partial charge in [-0.3, -0.25) is 0 Å². The number of aromatic nitrogens is 3. The molecule has 0 saturated heterocycles. The second kappa shape index (κ2) is 5.41. The van der Waals surface area contributed by atoms with Gasteiger partial charge in [0.15, 0.2) is 5.69 Å². The molecule has 2 aromatic carbocycles. The van der Waals surface area contributed by atoms with Crippen LogP contribution in [0.25, 0.3) is 16.9 Å². The first-order valence-corrected chi connectivity index (χ1v) is 6.79. The maximum atomic E-state index is 13.1. The van der Waals surface area contributed by atoms with Crippen molar-refractivity contribution < 1.29 is 4.39 Å².